The van der Waals surface area contributed by atoms with Gasteiger partial charge >= 0.3 is 6.18 Å². The minimum absolute atomic E-state index is 0.0234. The second-order valence-corrected chi connectivity index (χ2v) is 7.10. The number of aliphatic hydroxyl groups is 3. The molecule has 0 aliphatic carbocycles. The fraction of sp³-hybridized carbons (Fsp3) is 0.750. The van der Waals surface area contributed by atoms with Crippen LogP contribution in [0.3, 0.4) is 0 Å². The Hall–Kier alpha value is -1.49. The number of rotatable bonds is 3. The van der Waals surface area contributed by atoms with Crippen molar-refractivity contribution in [2.24, 2.45) is 5.92 Å². The molecule has 2 saturated heterocycles. The maximum absolute atomic E-state index is 13.1. The summed E-state index contributed by atoms with van der Waals surface area (Å²) in [7, 11) is 0. The zero-order valence-corrected chi connectivity index (χ0v) is 14.3. The van der Waals surface area contributed by atoms with Crippen molar-refractivity contribution in [2.45, 2.75) is 43.9 Å². The molecule has 26 heavy (non-hydrogen) atoms. The second kappa shape index (κ2) is 7.26. The van der Waals surface area contributed by atoms with E-state index < -0.39 is 30.2 Å². The minimum atomic E-state index is -4.54. The Bertz CT molecular complexity index is 633. The molecule has 3 heterocycles. The lowest BCUT2D eigenvalue weighted by atomic mass is 9.93. The van der Waals surface area contributed by atoms with Crippen LogP contribution in [0.25, 0.3) is 0 Å². The summed E-state index contributed by atoms with van der Waals surface area (Å²) < 4.78 is 39.4. The van der Waals surface area contributed by atoms with E-state index in [0.29, 0.717) is 26.1 Å². The third-order valence-corrected chi connectivity index (χ3v) is 5.32. The molecule has 3 N–H and O–H groups in total. The van der Waals surface area contributed by atoms with E-state index in [0.717, 1.165) is 6.33 Å². The fourth-order valence-corrected chi connectivity index (χ4v) is 3.79. The van der Waals surface area contributed by atoms with Gasteiger partial charge in [0.15, 0.2) is 5.69 Å². The van der Waals surface area contributed by atoms with Crippen molar-refractivity contribution in [3.63, 3.8) is 0 Å². The zero-order valence-electron chi connectivity index (χ0n) is 14.3. The van der Waals surface area contributed by atoms with Gasteiger partial charge in [0.25, 0.3) is 0 Å². The molecule has 0 aromatic carbocycles. The summed E-state index contributed by atoms with van der Waals surface area (Å²) >= 11 is 0. The lowest BCUT2D eigenvalue weighted by Crippen LogP contribution is -2.60. The van der Waals surface area contributed by atoms with Gasteiger partial charge in [-0.15, -0.1) is 0 Å². The largest absolute Gasteiger partial charge is 0.435 e. The molecule has 2 aliphatic rings. The van der Waals surface area contributed by atoms with Crippen LogP contribution in [-0.4, -0.2) is 80.7 Å². The number of hydrogen-bond acceptors (Lipinski definition) is 7. The van der Waals surface area contributed by atoms with Crippen LogP contribution < -0.4 is 4.90 Å². The number of likely N-dealkylation sites (tertiary alicyclic amines) is 1. The highest BCUT2D eigenvalue weighted by Crippen LogP contribution is 2.36. The van der Waals surface area contributed by atoms with Crippen molar-refractivity contribution in [3.8, 4) is 0 Å². The summed E-state index contributed by atoms with van der Waals surface area (Å²) in [6.45, 7) is 3.37. The molecule has 1 aromatic heterocycles. The Morgan fingerprint density at radius 1 is 1.19 bits per heavy atom. The predicted octanol–water partition coefficient (Wildman–Crippen LogP) is 0.108. The standard InChI is InChI=1S/C16H23F3N4O3/c1-9-13(25)14(26)12(24)7-23(9)6-10-2-3-22(5-10)11-4-20-8-21-15(11)16(17,18)19/h4,8-10,12-14,24-26H,2-3,5-7H2,1H3/t9-,10?,12+,13-,14-/m1/s1. The van der Waals surface area contributed by atoms with Crippen LogP contribution in [0.5, 0.6) is 0 Å². The maximum Gasteiger partial charge on any atom is 0.435 e. The van der Waals surface area contributed by atoms with Crippen molar-refractivity contribution in [2.75, 3.05) is 31.1 Å². The molecule has 10 heteroatoms. The van der Waals surface area contributed by atoms with Crippen molar-refractivity contribution >= 4 is 5.69 Å². The Balaban J connectivity index is 1.67. The molecule has 146 valence electrons. The van der Waals surface area contributed by atoms with Gasteiger partial charge in [-0.25, -0.2) is 9.97 Å². The number of aromatic nitrogens is 2. The smallest absolute Gasteiger partial charge is 0.389 e. The molecular weight excluding hydrogens is 353 g/mol. The van der Waals surface area contributed by atoms with Gasteiger partial charge in [0, 0.05) is 32.2 Å². The van der Waals surface area contributed by atoms with E-state index in [1.54, 1.807) is 11.8 Å². The quantitative estimate of drug-likeness (QED) is 0.689. The molecule has 0 spiro atoms. The monoisotopic (exact) mass is 376 g/mol. The summed E-state index contributed by atoms with van der Waals surface area (Å²) in [5.41, 5.74) is -0.960. The van der Waals surface area contributed by atoms with E-state index in [2.05, 4.69) is 9.97 Å². The van der Waals surface area contributed by atoms with Crippen LogP contribution in [-0.2, 0) is 6.18 Å². The Labute approximate surface area is 149 Å². The first-order chi connectivity index (χ1) is 12.2. The number of nitrogens with zero attached hydrogens (tertiary/aromatic N) is 4. The Morgan fingerprint density at radius 3 is 2.62 bits per heavy atom. The van der Waals surface area contributed by atoms with Crippen molar-refractivity contribution in [1.29, 1.82) is 0 Å². The molecule has 1 unspecified atom stereocenters. The summed E-state index contributed by atoms with van der Waals surface area (Å²) in [6.07, 6.45) is -5.06. The third kappa shape index (κ3) is 3.78. The number of piperidine rings is 1. The van der Waals surface area contributed by atoms with E-state index in [4.69, 9.17) is 0 Å². The predicted molar refractivity (Wildman–Crippen MR) is 86.4 cm³/mol. The van der Waals surface area contributed by atoms with Crippen LogP contribution in [0.4, 0.5) is 18.9 Å². The van der Waals surface area contributed by atoms with Gasteiger partial charge in [-0.1, -0.05) is 0 Å². The van der Waals surface area contributed by atoms with E-state index in [-0.39, 0.29) is 24.2 Å². The molecule has 1 aromatic rings. The first kappa shape index (κ1) is 19.3. The molecule has 0 bridgehead atoms. The summed E-state index contributed by atoms with van der Waals surface area (Å²) in [5, 5.41) is 29.6. The lowest BCUT2D eigenvalue weighted by Gasteiger charge is -2.43. The van der Waals surface area contributed by atoms with E-state index in [9.17, 15) is 28.5 Å². The average molecular weight is 376 g/mol. The Morgan fingerprint density at radius 2 is 1.92 bits per heavy atom. The van der Waals surface area contributed by atoms with E-state index in [1.807, 2.05) is 4.90 Å². The molecule has 3 rings (SSSR count). The van der Waals surface area contributed by atoms with Gasteiger partial charge in [-0.05, 0) is 19.3 Å². The van der Waals surface area contributed by atoms with Crippen molar-refractivity contribution < 1.29 is 28.5 Å². The number of β-amino-alcohol motifs (C(OH)–C–C–N with tert-alkyl or cyclic N) is 1. The van der Waals surface area contributed by atoms with Crippen LogP contribution in [0.1, 0.15) is 19.0 Å². The van der Waals surface area contributed by atoms with E-state index >= 15 is 0 Å². The summed E-state index contributed by atoms with van der Waals surface area (Å²) in [6, 6.07) is -0.340. The second-order valence-electron chi connectivity index (χ2n) is 7.10. The van der Waals surface area contributed by atoms with Gasteiger partial charge in [-0.3, -0.25) is 4.90 Å². The van der Waals surface area contributed by atoms with Gasteiger partial charge in [-0.2, -0.15) is 13.2 Å². The highest BCUT2D eigenvalue weighted by Gasteiger charge is 2.41. The number of halogens is 3. The molecule has 0 saturated carbocycles. The van der Waals surface area contributed by atoms with Gasteiger partial charge < -0.3 is 20.2 Å². The molecule has 7 nitrogen and oxygen atoms in total. The lowest BCUT2D eigenvalue weighted by molar-refractivity contribution is -0.140. The SMILES string of the molecule is C[C@@H]1[C@@H](O)[C@H](O)[C@@H](O)CN1CC1CCN(c2cncnc2C(F)(F)F)C1. The van der Waals surface area contributed by atoms with Gasteiger partial charge in [0.05, 0.1) is 24.1 Å². The number of aliphatic hydroxyl groups excluding tert-OH is 3. The third-order valence-electron chi connectivity index (χ3n) is 5.32. The first-order valence-electron chi connectivity index (χ1n) is 8.59. The normalized spacial score (nSPS) is 33.7. The average Bonchev–Trinajstić information content (AvgIpc) is 3.05. The molecule has 2 fully saturated rings. The molecule has 0 radical (unpaired) electrons. The molecule has 2 aliphatic heterocycles. The number of anilines is 1. The summed E-state index contributed by atoms with van der Waals surface area (Å²) in [5.74, 6) is 0.0772. The number of alkyl halides is 3. The van der Waals surface area contributed by atoms with Crippen molar-refractivity contribution in [3.05, 3.63) is 18.2 Å². The fourth-order valence-electron chi connectivity index (χ4n) is 3.79. The first-order valence-corrected chi connectivity index (χ1v) is 8.59. The van der Waals surface area contributed by atoms with Gasteiger partial charge in [0.1, 0.15) is 12.4 Å². The topological polar surface area (TPSA) is 93.0 Å². The molecule has 0 amide bonds. The molecule has 5 atom stereocenters. The maximum atomic E-state index is 13.1. The highest BCUT2D eigenvalue weighted by molar-refractivity contribution is 5.50. The van der Waals surface area contributed by atoms with Crippen LogP contribution >= 0.6 is 0 Å². The molecular formula is C16H23F3N4O3. The zero-order chi connectivity index (χ0) is 19.1. The summed E-state index contributed by atoms with van der Waals surface area (Å²) in [4.78, 5) is 10.6. The van der Waals surface area contributed by atoms with Crippen LogP contribution in [0.15, 0.2) is 12.5 Å². The highest BCUT2D eigenvalue weighted by atomic mass is 19.4. The minimum Gasteiger partial charge on any atom is -0.389 e. The van der Waals surface area contributed by atoms with E-state index in [1.165, 1.54) is 6.20 Å². The van der Waals surface area contributed by atoms with Crippen molar-refractivity contribution in [1.82, 2.24) is 14.9 Å². The van der Waals surface area contributed by atoms with Gasteiger partial charge in [0.2, 0.25) is 0 Å². The van der Waals surface area contributed by atoms with Crippen LogP contribution in [0, 0.1) is 5.92 Å². The number of hydrogen-bond donors (Lipinski definition) is 3. The Kier molecular flexibility index (Phi) is 5.38. The van der Waals surface area contributed by atoms with Crippen LogP contribution in [0.2, 0.25) is 0 Å².